The standard InChI is InChI=1S/C28H24N.CHF3O3S/c1-29-27-22-13-7-5-9-19(22)15-17-24(27)26(21-11-3-2-4-12-21)25-18-16-20-10-6-8-14-23(20)28(25)29;2-1(3,4)8(5,6)7/h2-14H,15-18H2,1H3;(H,5,6,7)/q+1;/p-1. The zero-order chi connectivity index (χ0) is 26.4. The topological polar surface area (TPSA) is 61.1 Å². The SMILES string of the molecule is C[n+]1c2c(c(-c3ccccc3)c3c1-c1ccccc1CC3)CCc1ccccc1-2.O=S(=O)([O-])C(F)(F)F. The number of hydrogen-bond acceptors (Lipinski definition) is 3. The first-order valence-corrected chi connectivity index (χ1v) is 13.3. The average molecular weight is 524 g/mol. The van der Waals surface area contributed by atoms with Gasteiger partial charge in [0.25, 0.3) is 0 Å². The van der Waals surface area contributed by atoms with Crippen molar-refractivity contribution in [3.05, 3.63) is 101 Å². The van der Waals surface area contributed by atoms with E-state index in [0.717, 1.165) is 25.7 Å². The molecule has 1 heterocycles. The number of alkyl halides is 3. The predicted molar refractivity (Wildman–Crippen MR) is 134 cm³/mol. The Bertz CT molecular complexity index is 1520. The van der Waals surface area contributed by atoms with Crippen molar-refractivity contribution < 1.29 is 30.7 Å². The van der Waals surface area contributed by atoms with Crippen LogP contribution in [0.15, 0.2) is 78.9 Å². The van der Waals surface area contributed by atoms with E-state index in [9.17, 15) is 13.2 Å². The van der Waals surface area contributed by atoms with E-state index in [0.29, 0.717) is 0 Å². The van der Waals surface area contributed by atoms with Crippen molar-refractivity contribution in [2.75, 3.05) is 0 Å². The Kier molecular flexibility index (Phi) is 6.41. The van der Waals surface area contributed by atoms with Crippen molar-refractivity contribution in [1.82, 2.24) is 0 Å². The molecule has 2 aliphatic rings. The van der Waals surface area contributed by atoms with Gasteiger partial charge in [0.15, 0.2) is 10.1 Å². The van der Waals surface area contributed by atoms with E-state index in [2.05, 4.69) is 90.5 Å². The van der Waals surface area contributed by atoms with Crippen molar-refractivity contribution in [3.63, 3.8) is 0 Å². The minimum absolute atomic E-state index is 1.11. The molecule has 0 saturated heterocycles. The average Bonchev–Trinajstić information content (AvgIpc) is 2.88. The highest BCUT2D eigenvalue weighted by atomic mass is 32.2. The Morgan fingerprint density at radius 1 is 0.703 bits per heavy atom. The monoisotopic (exact) mass is 523 g/mol. The minimum Gasteiger partial charge on any atom is -0.741 e. The van der Waals surface area contributed by atoms with Gasteiger partial charge in [0.05, 0.1) is 0 Å². The Labute approximate surface area is 213 Å². The summed E-state index contributed by atoms with van der Waals surface area (Å²) in [4.78, 5) is 0. The number of fused-ring (bicyclic) bond motifs is 6. The Morgan fingerprint density at radius 3 is 1.54 bits per heavy atom. The number of rotatable bonds is 1. The fraction of sp³-hybridized carbons (Fsp3) is 0.207. The summed E-state index contributed by atoms with van der Waals surface area (Å²) in [6.45, 7) is 0. The second-order valence-corrected chi connectivity index (χ2v) is 10.5. The summed E-state index contributed by atoms with van der Waals surface area (Å²) in [6.07, 6.45) is 4.47. The lowest BCUT2D eigenvalue weighted by Gasteiger charge is -2.27. The third kappa shape index (κ3) is 4.55. The quantitative estimate of drug-likeness (QED) is 0.181. The van der Waals surface area contributed by atoms with Gasteiger partial charge < -0.3 is 4.55 Å². The van der Waals surface area contributed by atoms with Crippen molar-refractivity contribution >= 4 is 10.1 Å². The number of halogens is 3. The van der Waals surface area contributed by atoms with Gasteiger partial charge in [-0.15, -0.1) is 0 Å². The second kappa shape index (κ2) is 9.43. The van der Waals surface area contributed by atoms with Crippen molar-refractivity contribution in [2.45, 2.75) is 31.2 Å². The molecule has 0 saturated carbocycles. The molecule has 0 unspecified atom stereocenters. The maximum Gasteiger partial charge on any atom is 0.485 e. The molecule has 8 heteroatoms. The van der Waals surface area contributed by atoms with Crippen LogP contribution in [-0.2, 0) is 42.8 Å². The lowest BCUT2D eigenvalue weighted by molar-refractivity contribution is -0.650. The highest BCUT2D eigenvalue weighted by Gasteiger charge is 2.37. The van der Waals surface area contributed by atoms with Crippen molar-refractivity contribution in [1.29, 1.82) is 0 Å². The summed E-state index contributed by atoms with van der Waals surface area (Å²) in [5.74, 6) is 0. The van der Waals surface area contributed by atoms with E-state index >= 15 is 0 Å². The lowest BCUT2D eigenvalue weighted by atomic mass is 9.78. The molecule has 37 heavy (non-hydrogen) atoms. The molecule has 6 rings (SSSR count). The van der Waals surface area contributed by atoms with E-state index < -0.39 is 15.6 Å². The van der Waals surface area contributed by atoms with Gasteiger partial charge in [-0.05, 0) is 54.5 Å². The molecule has 0 amide bonds. The second-order valence-electron chi connectivity index (χ2n) is 9.17. The molecule has 4 nitrogen and oxygen atoms in total. The minimum atomic E-state index is -6.09. The van der Waals surface area contributed by atoms with Crippen LogP contribution in [0.3, 0.4) is 0 Å². The van der Waals surface area contributed by atoms with Crippen LogP contribution in [-0.4, -0.2) is 18.5 Å². The van der Waals surface area contributed by atoms with Crippen LogP contribution in [0.2, 0.25) is 0 Å². The third-order valence-corrected chi connectivity index (χ3v) is 7.59. The van der Waals surface area contributed by atoms with Crippen molar-refractivity contribution in [2.24, 2.45) is 7.05 Å². The largest absolute Gasteiger partial charge is 0.741 e. The Balaban J connectivity index is 0.000000307. The molecule has 4 aromatic rings. The highest BCUT2D eigenvalue weighted by Crippen LogP contribution is 2.44. The van der Waals surface area contributed by atoms with Crippen LogP contribution in [0.25, 0.3) is 33.6 Å². The fourth-order valence-electron chi connectivity index (χ4n) is 5.52. The lowest BCUT2D eigenvalue weighted by Crippen LogP contribution is -2.39. The van der Waals surface area contributed by atoms with Gasteiger partial charge in [0.2, 0.25) is 11.4 Å². The first kappa shape index (κ1) is 25.2. The molecule has 190 valence electrons. The fourth-order valence-corrected chi connectivity index (χ4v) is 5.52. The number of hydrogen-bond donors (Lipinski definition) is 0. The highest BCUT2D eigenvalue weighted by molar-refractivity contribution is 7.86. The molecule has 0 fully saturated rings. The molecule has 0 aliphatic heterocycles. The van der Waals surface area contributed by atoms with Gasteiger partial charge in [0.1, 0.15) is 7.05 Å². The maximum atomic E-state index is 10.7. The Morgan fingerprint density at radius 2 is 1.11 bits per heavy atom. The van der Waals surface area contributed by atoms with Crippen LogP contribution in [0.4, 0.5) is 13.2 Å². The summed E-state index contributed by atoms with van der Waals surface area (Å²) < 4.78 is 61.4. The number of nitrogens with zero attached hydrogens (tertiary/aromatic N) is 1. The number of benzene rings is 3. The van der Waals surface area contributed by atoms with Gasteiger partial charge in [0, 0.05) is 27.8 Å². The smallest absolute Gasteiger partial charge is 0.485 e. The molecule has 0 radical (unpaired) electrons. The number of aryl methyl sites for hydroxylation is 2. The van der Waals surface area contributed by atoms with E-state index in [4.69, 9.17) is 13.0 Å². The van der Waals surface area contributed by atoms with Gasteiger partial charge in [-0.25, -0.2) is 8.42 Å². The van der Waals surface area contributed by atoms with Gasteiger partial charge >= 0.3 is 5.51 Å². The van der Waals surface area contributed by atoms with Crippen LogP contribution < -0.4 is 4.57 Å². The van der Waals surface area contributed by atoms with Crippen LogP contribution in [0, 0.1) is 0 Å². The summed E-state index contributed by atoms with van der Waals surface area (Å²) >= 11 is 0. The van der Waals surface area contributed by atoms with E-state index in [1.807, 2.05) is 0 Å². The van der Waals surface area contributed by atoms with E-state index in [1.54, 1.807) is 0 Å². The molecular formula is C29H24F3NO3S. The summed E-state index contributed by atoms with van der Waals surface area (Å²) in [7, 11) is -3.82. The van der Waals surface area contributed by atoms with Gasteiger partial charge in [-0.3, -0.25) is 0 Å². The number of pyridine rings is 1. The zero-order valence-corrected chi connectivity index (χ0v) is 20.9. The molecule has 0 bridgehead atoms. The van der Waals surface area contributed by atoms with Crippen molar-refractivity contribution in [3.8, 4) is 33.6 Å². The summed E-state index contributed by atoms with van der Waals surface area (Å²) in [6, 6.07) is 29.0. The van der Waals surface area contributed by atoms with Gasteiger partial charge in [-0.2, -0.15) is 17.7 Å². The van der Waals surface area contributed by atoms with Crippen LogP contribution in [0.1, 0.15) is 22.3 Å². The number of aromatic nitrogens is 1. The summed E-state index contributed by atoms with van der Waals surface area (Å²) in [5.41, 5.74) is 8.80. The van der Waals surface area contributed by atoms with Crippen LogP contribution >= 0.6 is 0 Å². The van der Waals surface area contributed by atoms with Gasteiger partial charge in [-0.1, -0.05) is 66.7 Å². The Hall–Kier alpha value is -3.49. The molecule has 2 aliphatic carbocycles. The zero-order valence-electron chi connectivity index (χ0n) is 20.0. The first-order chi connectivity index (χ1) is 17.6. The normalized spacial score (nSPS) is 13.9. The van der Waals surface area contributed by atoms with E-state index in [1.165, 1.54) is 55.9 Å². The predicted octanol–water partition coefficient (Wildman–Crippen LogP) is 5.76. The molecular weight excluding hydrogens is 499 g/mol. The maximum absolute atomic E-state index is 10.7. The van der Waals surface area contributed by atoms with Crippen LogP contribution in [0.5, 0.6) is 0 Å². The molecule has 3 aromatic carbocycles. The molecule has 0 atom stereocenters. The van der Waals surface area contributed by atoms with E-state index in [-0.39, 0.29) is 0 Å². The first-order valence-electron chi connectivity index (χ1n) is 11.9. The molecule has 0 spiro atoms. The molecule has 0 N–H and O–H groups in total. The molecule has 1 aromatic heterocycles. The third-order valence-electron chi connectivity index (χ3n) is 7.03. The summed E-state index contributed by atoms with van der Waals surface area (Å²) in [5, 5.41) is 0.